The number of amides is 5. The second kappa shape index (κ2) is 6.79. The van der Waals surface area contributed by atoms with E-state index in [4.69, 9.17) is 0 Å². The van der Waals surface area contributed by atoms with E-state index in [2.05, 4.69) is 10.6 Å². The molecule has 5 amide bonds. The molecule has 132 valence electrons. The van der Waals surface area contributed by atoms with Crippen LogP contribution in [-0.4, -0.2) is 35.2 Å². The lowest BCUT2D eigenvalue weighted by Crippen LogP contribution is -2.43. The average Bonchev–Trinajstić information content (AvgIpc) is 2.83. The summed E-state index contributed by atoms with van der Waals surface area (Å²) in [6, 6.07) is 11.1. The van der Waals surface area contributed by atoms with Gasteiger partial charge in [0.1, 0.15) is 6.54 Å². The van der Waals surface area contributed by atoms with Crippen LogP contribution in [0.25, 0.3) is 0 Å². The van der Waals surface area contributed by atoms with Crippen LogP contribution in [0.1, 0.15) is 31.8 Å². The van der Waals surface area contributed by atoms with E-state index in [-0.39, 0.29) is 11.1 Å². The molecule has 0 bridgehead atoms. The zero-order chi connectivity index (χ0) is 18.8. The van der Waals surface area contributed by atoms with Crippen molar-refractivity contribution in [3.8, 4) is 0 Å². The number of anilines is 1. The van der Waals surface area contributed by atoms with E-state index in [1.54, 1.807) is 18.2 Å². The van der Waals surface area contributed by atoms with Crippen molar-refractivity contribution < 1.29 is 19.2 Å². The first-order chi connectivity index (χ1) is 12.4. The molecule has 1 heterocycles. The molecule has 0 aromatic heterocycles. The van der Waals surface area contributed by atoms with Gasteiger partial charge in [-0.3, -0.25) is 24.6 Å². The second-order valence-electron chi connectivity index (χ2n) is 6.06. The van der Waals surface area contributed by atoms with Gasteiger partial charge in [0.05, 0.1) is 11.1 Å². The number of rotatable bonds is 3. The molecule has 0 radical (unpaired) electrons. The number of urea groups is 1. The molecule has 0 saturated heterocycles. The summed E-state index contributed by atoms with van der Waals surface area (Å²) in [5.41, 5.74) is 2.99. The summed E-state index contributed by atoms with van der Waals surface area (Å²) < 4.78 is 0. The van der Waals surface area contributed by atoms with Crippen LogP contribution < -0.4 is 10.6 Å². The van der Waals surface area contributed by atoms with E-state index in [9.17, 15) is 19.2 Å². The normalized spacial score (nSPS) is 12.8. The Morgan fingerprint density at radius 3 is 2.15 bits per heavy atom. The number of hydrogen-bond acceptors (Lipinski definition) is 4. The third-order valence-corrected chi connectivity index (χ3v) is 4.06. The monoisotopic (exact) mass is 351 g/mol. The van der Waals surface area contributed by atoms with Crippen molar-refractivity contribution in [2.75, 3.05) is 11.9 Å². The highest BCUT2D eigenvalue weighted by Gasteiger charge is 2.36. The lowest BCUT2D eigenvalue weighted by molar-refractivity contribution is -0.120. The number of aryl methyl sites for hydroxylation is 2. The van der Waals surface area contributed by atoms with Crippen LogP contribution in [0.3, 0.4) is 0 Å². The quantitative estimate of drug-likeness (QED) is 0.829. The number of hydrogen-bond donors (Lipinski definition) is 2. The van der Waals surface area contributed by atoms with Crippen molar-refractivity contribution in [1.29, 1.82) is 0 Å². The molecule has 0 unspecified atom stereocenters. The highest BCUT2D eigenvalue weighted by molar-refractivity contribution is 6.22. The Morgan fingerprint density at radius 2 is 1.58 bits per heavy atom. The van der Waals surface area contributed by atoms with Gasteiger partial charge < -0.3 is 5.32 Å². The number of carbonyl (C=O) groups is 4. The summed E-state index contributed by atoms with van der Waals surface area (Å²) in [5.74, 6) is -1.84. The average molecular weight is 351 g/mol. The fraction of sp³-hybridized carbons (Fsp3) is 0.158. The van der Waals surface area contributed by atoms with Crippen LogP contribution in [-0.2, 0) is 4.79 Å². The first kappa shape index (κ1) is 17.3. The Bertz CT molecular complexity index is 901. The molecule has 2 aromatic carbocycles. The number of benzene rings is 2. The molecule has 2 aromatic rings. The molecule has 0 fully saturated rings. The summed E-state index contributed by atoms with van der Waals surface area (Å²) in [7, 11) is 0. The lowest BCUT2D eigenvalue weighted by Gasteiger charge is -2.14. The van der Waals surface area contributed by atoms with E-state index < -0.39 is 30.3 Å². The van der Waals surface area contributed by atoms with Gasteiger partial charge in [0.15, 0.2) is 0 Å². The maximum Gasteiger partial charge on any atom is 0.325 e. The Labute approximate surface area is 150 Å². The van der Waals surface area contributed by atoms with E-state index in [0.717, 1.165) is 16.0 Å². The maximum atomic E-state index is 12.2. The first-order valence-corrected chi connectivity index (χ1v) is 8.00. The van der Waals surface area contributed by atoms with Crippen LogP contribution in [0, 0.1) is 13.8 Å². The Kier molecular flexibility index (Phi) is 4.53. The molecule has 0 spiro atoms. The Balaban J connectivity index is 1.62. The van der Waals surface area contributed by atoms with Gasteiger partial charge in [0.2, 0.25) is 5.91 Å². The van der Waals surface area contributed by atoms with Gasteiger partial charge in [-0.1, -0.05) is 29.8 Å². The second-order valence-corrected chi connectivity index (χ2v) is 6.06. The summed E-state index contributed by atoms with van der Waals surface area (Å²) in [4.78, 5) is 49.3. The zero-order valence-corrected chi connectivity index (χ0v) is 14.3. The molecule has 2 N–H and O–H groups in total. The van der Waals surface area contributed by atoms with Crippen molar-refractivity contribution in [3.63, 3.8) is 0 Å². The molecule has 0 aliphatic carbocycles. The molecule has 7 heteroatoms. The van der Waals surface area contributed by atoms with Gasteiger partial charge >= 0.3 is 6.03 Å². The molecule has 7 nitrogen and oxygen atoms in total. The van der Waals surface area contributed by atoms with Crippen molar-refractivity contribution in [3.05, 3.63) is 64.7 Å². The highest BCUT2D eigenvalue weighted by Crippen LogP contribution is 2.22. The molecule has 0 saturated carbocycles. The van der Waals surface area contributed by atoms with Gasteiger partial charge in [-0.2, -0.15) is 0 Å². The molecule has 3 rings (SSSR count). The summed E-state index contributed by atoms with van der Waals surface area (Å²) in [6.07, 6.45) is 0. The Morgan fingerprint density at radius 1 is 0.962 bits per heavy atom. The molecular weight excluding hydrogens is 334 g/mol. The third kappa shape index (κ3) is 3.32. The van der Waals surface area contributed by atoms with E-state index >= 15 is 0 Å². The van der Waals surface area contributed by atoms with Crippen LogP contribution in [0.15, 0.2) is 42.5 Å². The van der Waals surface area contributed by atoms with Crippen LogP contribution in [0.2, 0.25) is 0 Å². The van der Waals surface area contributed by atoms with Crippen molar-refractivity contribution in [1.82, 2.24) is 10.2 Å². The van der Waals surface area contributed by atoms with Gasteiger partial charge in [0.25, 0.3) is 11.8 Å². The molecular formula is C19H17N3O4. The maximum absolute atomic E-state index is 12.2. The lowest BCUT2D eigenvalue weighted by atomic mass is 10.1. The number of carbonyl (C=O) groups excluding carboxylic acids is 4. The number of nitrogens with zero attached hydrogens (tertiary/aromatic N) is 1. The van der Waals surface area contributed by atoms with E-state index in [1.807, 2.05) is 26.0 Å². The standard InChI is InChI=1S/C19H17N3O4/c1-11-7-8-15(12(2)9-11)20-19(26)21-16(23)10-22-17(24)13-5-3-4-6-14(13)18(22)25/h3-9H,10H2,1-2H3,(H2,20,21,23,26). The van der Waals surface area contributed by atoms with Crippen LogP contribution in [0.5, 0.6) is 0 Å². The SMILES string of the molecule is Cc1ccc(NC(=O)NC(=O)CN2C(=O)c3ccccc3C2=O)c(C)c1. The summed E-state index contributed by atoms with van der Waals surface area (Å²) >= 11 is 0. The summed E-state index contributed by atoms with van der Waals surface area (Å²) in [6.45, 7) is 3.25. The predicted octanol–water partition coefficient (Wildman–Crippen LogP) is 2.25. The molecule has 26 heavy (non-hydrogen) atoms. The fourth-order valence-corrected chi connectivity index (χ4v) is 2.80. The minimum absolute atomic E-state index is 0.255. The number of fused-ring (bicyclic) bond motifs is 1. The van der Waals surface area contributed by atoms with Crippen LogP contribution in [0.4, 0.5) is 10.5 Å². The molecule has 1 aliphatic heterocycles. The van der Waals surface area contributed by atoms with E-state index in [1.165, 1.54) is 12.1 Å². The summed E-state index contributed by atoms with van der Waals surface area (Å²) in [5, 5.41) is 4.70. The first-order valence-electron chi connectivity index (χ1n) is 8.00. The smallest absolute Gasteiger partial charge is 0.307 e. The van der Waals surface area contributed by atoms with Crippen molar-refractivity contribution in [2.24, 2.45) is 0 Å². The van der Waals surface area contributed by atoms with Gasteiger partial charge in [-0.15, -0.1) is 0 Å². The fourth-order valence-electron chi connectivity index (χ4n) is 2.80. The van der Waals surface area contributed by atoms with Gasteiger partial charge in [-0.25, -0.2) is 4.79 Å². The van der Waals surface area contributed by atoms with Crippen molar-refractivity contribution >= 4 is 29.4 Å². The van der Waals surface area contributed by atoms with Gasteiger partial charge in [-0.05, 0) is 37.6 Å². The molecule has 0 atom stereocenters. The van der Waals surface area contributed by atoms with Crippen LogP contribution >= 0.6 is 0 Å². The topological polar surface area (TPSA) is 95.6 Å². The Hall–Kier alpha value is -3.48. The van der Waals surface area contributed by atoms with E-state index in [0.29, 0.717) is 5.69 Å². The predicted molar refractivity (Wildman–Crippen MR) is 94.9 cm³/mol. The minimum atomic E-state index is -0.748. The minimum Gasteiger partial charge on any atom is -0.307 e. The largest absolute Gasteiger partial charge is 0.325 e. The van der Waals surface area contributed by atoms with Gasteiger partial charge in [0, 0.05) is 5.69 Å². The highest BCUT2D eigenvalue weighted by atomic mass is 16.2. The number of nitrogens with one attached hydrogen (secondary N) is 2. The van der Waals surface area contributed by atoms with Crippen molar-refractivity contribution in [2.45, 2.75) is 13.8 Å². The molecule has 1 aliphatic rings. The zero-order valence-electron chi connectivity index (χ0n) is 14.3. The third-order valence-electron chi connectivity index (χ3n) is 4.06. The number of imide groups is 2.